The fourth-order valence-electron chi connectivity index (χ4n) is 2.18. The van der Waals surface area contributed by atoms with E-state index in [0.29, 0.717) is 11.4 Å². The molecule has 0 aliphatic carbocycles. The van der Waals surface area contributed by atoms with Crippen LogP contribution in [0.25, 0.3) is 0 Å². The zero-order chi connectivity index (χ0) is 15.0. The standard InChI is InChI=1S/C14H12BrN3O2S/c15-8-3-4-21-14(8)13(16)7-1-2-9-10(5-7)18-12(20)6-11(19)17-9/h1-5,13H,6,16H2,(H,17,19)(H,18,20). The van der Waals surface area contributed by atoms with Crippen molar-refractivity contribution in [3.05, 3.63) is 44.6 Å². The molecule has 2 amide bonds. The van der Waals surface area contributed by atoms with Crippen LogP contribution in [0.5, 0.6) is 0 Å². The second kappa shape index (κ2) is 5.59. The molecule has 2 heterocycles. The molecule has 108 valence electrons. The molecule has 4 N–H and O–H groups in total. The van der Waals surface area contributed by atoms with Gasteiger partial charge in [0.15, 0.2) is 0 Å². The van der Waals surface area contributed by atoms with Crippen LogP contribution in [-0.2, 0) is 9.59 Å². The first kappa shape index (κ1) is 14.2. The molecule has 1 aromatic heterocycles. The second-order valence-electron chi connectivity index (χ2n) is 4.69. The second-order valence-corrected chi connectivity index (χ2v) is 6.49. The summed E-state index contributed by atoms with van der Waals surface area (Å²) in [4.78, 5) is 24.1. The van der Waals surface area contributed by atoms with Crippen molar-refractivity contribution in [1.29, 1.82) is 0 Å². The van der Waals surface area contributed by atoms with E-state index in [-0.39, 0.29) is 24.3 Å². The lowest BCUT2D eigenvalue weighted by molar-refractivity contribution is -0.123. The van der Waals surface area contributed by atoms with E-state index < -0.39 is 0 Å². The van der Waals surface area contributed by atoms with Gasteiger partial charge in [-0.2, -0.15) is 0 Å². The number of carbonyl (C=O) groups excluding carboxylic acids is 2. The van der Waals surface area contributed by atoms with Crippen LogP contribution in [0.2, 0.25) is 0 Å². The Bertz CT molecular complexity index is 729. The van der Waals surface area contributed by atoms with Gasteiger partial charge in [0.1, 0.15) is 6.42 Å². The first-order chi connectivity index (χ1) is 10.0. The number of nitrogens with two attached hydrogens (primary N) is 1. The van der Waals surface area contributed by atoms with Gasteiger partial charge in [0.2, 0.25) is 11.8 Å². The SMILES string of the molecule is NC(c1ccc2c(c1)NC(=O)CC(=O)N2)c1sccc1Br. The van der Waals surface area contributed by atoms with Crippen molar-refractivity contribution in [2.75, 3.05) is 10.6 Å². The molecule has 3 rings (SSSR count). The predicted molar refractivity (Wildman–Crippen MR) is 86.4 cm³/mol. The van der Waals surface area contributed by atoms with Crippen LogP contribution in [0.15, 0.2) is 34.1 Å². The molecule has 0 saturated heterocycles. The fraction of sp³-hybridized carbons (Fsp3) is 0.143. The summed E-state index contributed by atoms with van der Waals surface area (Å²) in [5, 5.41) is 7.38. The zero-order valence-electron chi connectivity index (χ0n) is 10.9. The summed E-state index contributed by atoms with van der Waals surface area (Å²) < 4.78 is 0.965. The summed E-state index contributed by atoms with van der Waals surface area (Å²) >= 11 is 5.04. The minimum absolute atomic E-state index is 0.174. The summed E-state index contributed by atoms with van der Waals surface area (Å²) in [7, 11) is 0. The minimum Gasteiger partial charge on any atom is -0.324 e. The molecule has 21 heavy (non-hydrogen) atoms. The summed E-state index contributed by atoms with van der Waals surface area (Å²) in [5.41, 5.74) is 8.31. The number of halogens is 1. The van der Waals surface area contributed by atoms with Gasteiger partial charge in [-0.3, -0.25) is 9.59 Å². The Labute approximate surface area is 133 Å². The monoisotopic (exact) mass is 365 g/mol. The van der Waals surface area contributed by atoms with Crippen molar-refractivity contribution in [3.8, 4) is 0 Å². The lowest BCUT2D eigenvalue weighted by Gasteiger charge is -2.14. The van der Waals surface area contributed by atoms with Gasteiger partial charge in [0.05, 0.1) is 17.4 Å². The van der Waals surface area contributed by atoms with Gasteiger partial charge in [-0.05, 0) is 45.1 Å². The first-order valence-electron chi connectivity index (χ1n) is 6.26. The van der Waals surface area contributed by atoms with Crippen LogP contribution in [0.4, 0.5) is 11.4 Å². The van der Waals surface area contributed by atoms with E-state index in [9.17, 15) is 9.59 Å². The first-order valence-corrected chi connectivity index (χ1v) is 7.94. The van der Waals surface area contributed by atoms with Crippen molar-refractivity contribution < 1.29 is 9.59 Å². The van der Waals surface area contributed by atoms with E-state index in [0.717, 1.165) is 14.9 Å². The Morgan fingerprint density at radius 3 is 2.52 bits per heavy atom. The van der Waals surface area contributed by atoms with Crippen molar-refractivity contribution in [3.63, 3.8) is 0 Å². The van der Waals surface area contributed by atoms with Crippen LogP contribution in [0.3, 0.4) is 0 Å². The molecule has 0 saturated carbocycles. The highest BCUT2D eigenvalue weighted by Gasteiger charge is 2.20. The maximum Gasteiger partial charge on any atom is 0.233 e. The van der Waals surface area contributed by atoms with Gasteiger partial charge >= 0.3 is 0 Å². The lowest BCUT2D eigenvalue weighted by Crippen LogP contribution is -2.16. The van der Waals surface area contributed by atoms with Gasteiger partial charge in [-0.15, -0.1) is 11.3 Å². The Hall–Kier alpha value is -1.70. The largest absolute Gasteiger partial charge is 0.324 e. The fourth-order valence-corrected chi connectivity index (χ4v) is 3.83. The lowest BCUT2D eigenvalue weighted by atomic mass is 10.0. The summed E-state index contributed by atoms with van der Waals surface area (Å²) in [6, 6.07) is 7.07. The third-order valence-corrected chi connectivity index (χ3v) is 5.15. The zero-order valence-corrected chi connectivity index (χ0v) is 13.3. The quantitative estimate of drug-likeness (QED) is 0.715. The number of amides is 2. The van der Waals surface area contributed by atoms with Crippen LogP contribution in [0, 0.1) is 0 Å². The number of benzene rings is 1. The normalized spacial score (nSPS) is 15.7. The minimum atomic E-state index is -0.325. The van der Waals surface area contributed by atoms with Gasteiger partial charge in [-0.25, -0.2) is 0 Å². The van der Waals surface area contributed by atoms with Crippen LogP contribution in [-0.4, -0.2) is 11.8 Å². The smallest absolute Gasteiger partial charge is 0.233 e. The summed E-state index contributed by atoms with van der Waals surface area (Å²) in [5.74, 6) is -0.640. The molecule has 0 spiro atoms. The van der Waals surface area contributed by atoms with E-state index in [2.05, 4.69) is 26.6 Å². The Kier molecular flexibility index (Phi) is 3.79. The number of thiophene rings is 1. The molecule has 7 heteroatoms. The van der Waals surface area contributed by atoms with E-state index in [4.69, 9.17) is 5.73 Å². The van der Waals surface area contributed by atoms with Gasteiger partial charge in [-0.1, -0.05) is 6.07 Å². The number of rotatable bonds is 2. The molecule has 2 aromatic rings. The van der Waals surface area contributed by atoms with Gasteiger partial charge in [0, 0.05) is 9.35 Å². The number of nitrogens with one attached hydrogen (secondary N) is 2. The van der Waals surface area contributed by atoms with Crippen LogP contribution in [0.1, 0.15) is 22.9 Å². The number of anilines is 2. The molecule has 1 aromatic carbocycles. The Morgan fingerprint density at radius 2 is 1.86 bits per heavy atom. The topological polar surface area (TPSA) is 84.2 Å². The Morgan fingerprint density at radius 1 is 1.14 bits per heavy atom. The molecular weight excluding hydrogens is 354 g/mol. The van der Waals surface area contributed by atoms with Crippen molar-refractivity contribution >= 4 is 50.5 Å². The Balaban J connectivity index is 1.98. The molecule has 1 aliphatic rings. The molecule has 1 atom stereocenters. The highest BCUT2D eigenvalue weighted by Crippen LogP contribution is 2.34. The average Bonchev–Trinajstić information content (AvgIpc) is 2.79. The van der Waals surface area contributed by atoms with E-state index in [1.165, 1.54) is 0 Å². The van der Waals surface area contributed by atoms with Crippen molar-refractivity contribution in [2.45, 2.75) is 12.5 Å². The predicted octanol–water partition coefficient (Wildman–Crippen LogP) is 2.84. The number of fused-ring (bicyclic) bond motifs is 1. The van der Waals surface area contributed by atoms with Crippen molar-refractivity contribution in [1.82, 2.24) is 0 Å². The molecule has 0 bridgehead atoms. The van der Waals surface area contributed by atoms with E-state index in [1.807, 2.05) is 17.5 Å². The number of hydrogen-bond donors (Lipinski definition) is 3. The number of hydrogen-bond acceptors (Lipinski definition) is 4. The highest BCUT2D eigenvalue weighted by atomic mass is 79.9. The molecular formula is C14H12BrN3O2S. The summed E-state index contributed by atoms with van der Waals surface area (Å²) in [6.45, 7) is 0. The highest BCUT2D eigenvalue weighted by molar-refractivity contribution is 9.10. The maximum atomic E-state index is 11.6. The molecule has 5 nitrogen and oxygen atoms in total. The molecule has 1 unspecified atom stereocenters. The average molecular weight is 366 g/mol. The molecule has 1 aliphatic heterocycles. The van der Waals surface area contributed by atoms with Gasteiger partial charge in [0.25, 0.3) is 0 Å². The van der Waals surface area contributed by atoms with Crippen molar-refractivity contribution in [2.24, 2.45) is 5.73 Å². The van der Waals surface area contributed by atoms with Crippen LogP contribution >= 0.6 is 27.3 Å². The third kappa shape index (κ3) is 2.85. The maximum absolute atomic E-state index is 11.6. The summed E-state index contributed by atoms with van der Waals surface area (Å²) in [6.07, 6.45) is -0.174. The van der Waals surface area contributed by atoms with E-state index in [1.54, 1.807) is 23.5 Å². The van der Waals surface area contributed by atoms with Crippen LogP contribution < -0.4 is 16.4 Å². The molecule has 0 radical (unpaired) electrons. The molecule has 0 fully saturated rings. The number of carbonyl (C=O) groups is 2. The van der Waals surface area contributed by atoms with Gasteiger partial charge < -0.3 is 16.4 Å². The third-order valence-electron chi connectivity index (χ3n) is 3.20. The van der Waals surface area contributed by atoms with E-state index >= 15 is 0 Å².